The van der Waals surface area contributed by atoms with Crippen molar-refractivity contribution in [2.75, 3.05) is 13.1 Å². The predicted octanol–water partition coefficient (Wildman–Crippen LogP) is 4.58. The van der Waals surface area contributed by atoms with Gasteiger partial charge in [0.25, 0.3) is 5.91 Å². The summed E-state index contributed by atoms with van der Waals surface area (Å²) in [5, 5.41) is 3.11. The van der Waals surface area contributed by atoms with Crippen LogP contribution in [0.25, 0.3) is 0 Å². The Morgan fingerprint density at radius 3 is 2.46 bits per heavy atom. The van der Waals surface area contributed by atoms with Gasteiger partial charge in [-0.1, -0.05) is 13.8 Å². The summed E-state index contributed by atoms with van der Waals surface area (Å²) in [6, 6.07) is 3.90. The molecular weight excluding hydrogens is 341 g/mol. The third-order valence-corrected chi connectivity index (χ3v) is 5.65. The molecule has 1 aliphatic carbocycles. The third kappa shape index (κ3) is 4.05. The first-order valence-corrected chi connectivity index (χ1v) is 9.53. The van der Waals surface area contributed by atoms with Crippen LogP contribution in [0.4, 0.5) is 13.2 Å². The van der Waals surface area contributed by atoms with Crippen molar-refractivity contribution in [3.63, 3.8) is 0 Å². The van der Waals surface area contributed by atoms with Crippen molar-refractivity contribution in [1.29, 1.82) is 0 Å². The Kier molecular flexibility index (Phi) is 5.61. The number of nitrogens with one attached hydrogen (secondary N) is 1. The maximum absolute atomic E-state index is 13.0. The van der Waals surface area contributed by atoms with E-state index in [4.69, 9.17) is 0 Å². The van der Waals surface area contributed by atoms with E-state index in [2.05, 4.69) is 10.2 Å². The number of rotatable bonds is 4. The zero-order chi connectivity index (χ0) is 18.9. The van der Waals surface area contributed by atoms with Crippen molar-refractivity contribution < 1.29 is 18.0 Å². The Bertz CT molecular complexity index is 651. The highest BCUT2D eigenvalue weighted by atomic mass is 19.4. The summed E-state index contributed by atoms with van der Waals surface area (Å²) in [5.74, 6) is -0.408. The molecule has 3 nitrogen and oxygen atoms in total. The summed E-state index contributed by atoms with van der Waals surface area (Å²) in [5.41, 5.74) is 0.113. The molecular formula is C20H27F3N2O. The van der Waals surface area contributed by atoms with Gasteiger partial charge in [0.15, 0.2) is 0 Å². The molecule has 2 fully saturated rings. The Morgan fingerprint density at radius 2 is 1.85 bits per heavy atom. The average molecular weight is 368 g/mol. The number of benzene rings is 1. The molecule has 0 aromatic heterocycles. The minimum Gasteiger partial charge on any atom is -0.348 e. The second kappa shape index (κ2) is 7.59. The molecule has 1 aromatic carbocycles. The molecule has 1 aromatic rings. The van der Waals surface area contributed by atoms with Crippen molar-refractivity contribution >= 4 is 5.91 Å². The lowest BCUT2D eigenvalue weighted by atomic mass is 9.94. The second-order valence-corrected chi connectivity index (χ2v) is 7.78. The number of carbonyl (C=O) groups excluding carboxylic acids is 1. The molecule has 26 heavy (non-hydrogen) atoms. The SMILES string of the molecule is CC(C)c1cc(C(F)(F)F)ccc1C(=O)N[C@@H]1CCC[C@H]1N1CCCC1. The molecule has 1 saturated heterocycles. The maximum Gasteiger partial charge on any atom is 0.416 e. The minimum atomic E-state index is -4.40. The molecule has 0 unspecified atom stereocenters. The van der Waals surface area contributed by atoms with E-state index < -0.39 is 11.7 Å². The Labute approximate surface area is 152 Å². The van der Waals surface area contributed by atoms with Crippen molar-refractivity contribution in [1.82, 2.24) is 10.2 Å². The van der Waals surface area contributed by atoms with Crippen LogP contribution in [0.2, 0.25) is 0 Å². The molecule has 1 N–H and O–H groups in total. The van der Waals surface area contributed by atoms with Crippen LogP contribution in [-0.2, 0) is 6.18 Å². The molecule has 0 radical (unpaired) electrons. The molecule has 6 heteroatoms. The fourth-order valence-electron chi connectivity index (χ4n) is 4.29. The topological polar surface area (TPSA) is 32.3 Å². The molecule has 3 rings (SSSR count). The monoisotopic (exact) mass is 368 g/mol. The van der Waals surface area contributed by atoms with E-state index in [0.717, 1.165) is 44.5 Å². The Hall–Kier alpha value is -1.56. The van der Waals surface area contributed by atoms with Gasteiger partial charge in [-0.15, -0.1) is 0 Å². The first-order chi connectivity index (χ1) is 12.3. The summed E-state index contributed by atoms with van der Waals surface area (Å²) in [6.45, 7) is 5.78. The van der Waals surface area contributed by atoms with E-state index in [9.17, 15) is 18.0 Å². The number of halogens is 3. The van der Waals surface area contributed by atoms with Crippen molar-refractivity contribution in [2.24, 2.45) is 0 Å². The number of carbonyl (C=O) groups is 1. The summed E-state index contributed by atoms with van der Waals surface area (Å²) >= 11 is 0. The van der Waals surface area contributed by atoms with Gasteiger partial charge in [-0.05, 0) is 74.9 Å². The summed E-state index contributed by atoms with van der Waals surface area (Å²) in [4.78, 5) is 15.3. The molecule has 2 atom stereocenters. The molecule has 1 aliphatic heterocycles. The van der Waals surface area contributed by atoms with Gasteiger partial charge >= 0.3 is 6.18 Å². The minimum absolute atomic E-state index is 0.0860. The van der Waals surface area contributed by atoms with Crippen LogP contribution < -0.4 is 5.32 Å². The molecule has 0 bridgehead atoms. The summed E-state index contributed by atoms with van der Waals surface area (Å²) in [7, 11) is 0. The highest BCUT2D eigenvalue weighted by Gasteiger charge is 2.35. The highest BCUT2D eigenvalue weighted by molar-refractivity contribution is 5.96. The summed E-state index contributed by atoms with van der Waals surface area (Å²) < 4.78 is 39.0. The van der Waals surface area contributed by atoms with Crippen molar-refractivity contribution in [3.8, 4) is 0 Å². The van der Waals surface area contributed by atoms with Crippen molar-refractivity contribution in [2.45, 2.75) is 70.1 Å². The number of likely N-dealkylation sites (tertiary alicyclic amines) is 1. The smallest absolute Gasteiger partial charge is 0.348 e. The van der Waals surface area contributed by atoms with Gasteiger partial charge in [0, 0.05) is 17.6 Å². The lowest BCUT2D eigenvalue weighted by molar-refractivity contribution is -0.137. The molecule has 2 aliphatic rings. The molecule has 1 amide bonds. The number of hydrogen-bond acceptors (Lipinski definition) is 2. The predicted molar refractivity (Wildman–Crippen MR) is 95.2 cm³/mol. The van der Waals surface area contributed by atoms with Gasteiger partial charge < -0.3 is 5.32 Å². The lowest BCUT2D eigenvalue weighted by Gasteiger charge is -2.30. The lowest BCUT2D eigenvalue weighted by Crippen LogP contribution is -2.48. The molecule has 144 valence electrons. The normalized spacial score (nSPS) is 24.4. The zero-order valence-electron chi connectivity index (χ0n) is 15.4. The van der Waals surface area contributed by atoms with Gasteiger partial charge in [0.1, 0.15) is 0 Å². The van der Waals surface area contributed by atoms with E-state index in [1.54, 1.807) is 0 Å². The molecule has 1 heterocycles. The van der Waals surface area contributed by atoms with E-state index in [1.807, 2.05) is 13.8 Å². The first kappa shape index (κ1) is 19.2. The first-order valence-electron chi connectivity index (χ1n) is 9.53. The van der Waals surface area contributed by atoms with Crippen LogP contribution in [0.1, 0.15) is 73.4 Å². The number of hydrogen-bond donors (Lipinski definition) is 1. The third-order valence-electron chi connectivity index (χ3n) is 5.65. The Morgan fingerprint density at radius 1 is 1.15 bits per heavy atom. The van der Waals surface area contributed by atoms with Crippen LogP contribution in [0.5, 0.6) is 0 Å². The standard InChI is InChI=1S/C20H27F3N2O/c1-13(2)16-12-14(20(21,22)23)8-9-15(16)19(26)24-17-6-5-7-18(17)25-10-3-4-11-25/h8-9,12-13,17-18H,3-7,10-11H2,1-2H3,(H,24,26)/t17-,18-/m1/s1. The quantitative estimate of drug-likeness (QED) is 0.844. The van der Waals surface area contributed by atoms with Gasteiger partial charge in [0.05, 0.1) is 5.56 Å². The molecule has 0 spiro atoms. The van der Waals surface area contributed by atoms with Crippen LogP contribution in [-0.4, -0.2) is 36.0 Å². The highest BCUT2D eigenvalue weighted by Crippen LogP contribution is 2.33. The van der Waals surface area contributed by atoms with Crippen molar-refractivity contribution in [3.05, 3.63) is 34.9 Å². The van der Waals surface area contributed by atoms with E-state index in [1.165, 1.54) is 18.9 Å². The largest absolute Gasteiger partial charge is 0.416 e. The number of amides is 1. The van der Waals surface area contributed by atoms with E-state index in [0.29, 0.717) is 17.2 Å². The zero-order valence-corrected chi connectivity index (χ0v) is 15.4. The van der Waals surface area contributed by atoms with Crippen LogP contribution in [0.15, 0.2) is 18.2 Å². The van der Waals surface area contributed by atoms with Gasteiger partial charge in [-0.3, -0.25) is 9.69 Å². The number of nitrogens with zero attached hydrogens (tertiary/aromatic N) is 1. The van der Waals surface area contributed by atoms with Crippen LogP contribution >= 0.6 is 0 Å². The summed E-state index contributed by atoms with van der Waals surface area (Å²) in [6.07, 6.45) is 1.10. The fourth-order valence-corrected chi connectivity index (χ4v) is 4.29. The van der Waals surface area contributed by atoms with E-state index >= 15 is 0 Å². The second-order valence-electron chi connectivity index (χ2n) is 7.78. The molecule has 1 saturated carbocycles. The van der Waals surface area contributed by atoms with Gasteiger partial charge in [-0.25, -0.2) is 0 Å². The van der Waals surface area contributed by atoms with Gasteiger partial charge in [0.2, 0.25) is 0 Å². The fraction of sp³-hybridized carbons (Fsp3) is 0.650. The number of alkyl halides is 3. The average Bonchev–Trinajstić information content (AvgIpc) is 3.24. The van der Waals surface area contributed by atoms with Crippen LogP contribution in [0.3, 0.4) is 0 Å². The maximum atomic E-state index is 13.0. The Balaban J connectivity index is 1.78. The van der Waals surface area contributed by atoms with Gasteiger partial charge in [-0.2, -0.15) is 13.2 Å². The van der Waals surface area contributed by atoms with E-state index in [-0.39, 0.29) is 17.9 Å². The van der Waals surface area contributed by atoms with Crippen LogP contribution in [0, 0.1) is 0 Å².